The van der Waals surface area contributed by atoms with Gasteiger partial charge in [0, 0.05) is 11.3 Å². The second-order valence-corrected chi connectivity index (χ2v) is 4.28. The van der Waals surface area contributed by atoms with Gasteiger partial charge in [0.25, 0.3) is 0 Å². The molecule has 0 saturated heterocycles. The van der Waals surface area contributed by atoms with Crippen LogP contribution in [0.15, 0.2) is 30.3 Å². The molecular formula is C14H9NO4. The summed E-state index contributed by atoms with van der Waals surface area (Å²) in [6, 6.07) is 6.86. The highest BCUT2D eigenvalue weighted by Crippen LogP contribution is 2.38. The second-order valence-electron chi connectivity index (χ2n) is 4.28. The molecule has 0 aliphatic heterocycles. The van der Waals surface area contributed by atoms with E-state index in [4.69, 9.17) is 5.73 Å². The van der Waals surface area contributed by atoms with Crippen LogP contribution in [-0.4, -0.2) is 21.8 Å². The van der Waals surface area contributed by atoms with Crippen molar-refractivity contribution >= 4 is 17.3 Å². The minimum atomic E-state index is -0.604. The van der Waals surface area contributed by atoms with Crippen molar-refractivity contribution in [1.82, 2.24) is 0 Å². The summed E-state index contributed by atoms with van der Waals surface area (Å²) in [5.74, 6) is -1.69. The van der Waals surface area contributed by atoms with Gasteiger partial charge in [0.2, 0.25) is 5.78 Å². The van der Waals surface area contributed by atoms with E-state index in [0.29, 0.717) is 0 Å². The fourth-order valence-electron chi connectivity index (χ4n) is 2.31. The smallest absolute Gasteiger partial charge is 0.202 e. The molecule has 0 amide bonds. The van der Waals surface area contributed by atoms with Crippen molar-refractivity contribution in [2.45, 2.75) is 0 Å². The molecule has 5 nitrogen and oxygen atoms in total. The number of nitrogens with two attached hydrogens (primary N) is 1. The molecule has 0 saturated carbocycles. The Labute approximate surface area is 107 Å². The van der Waals surface area contributed by atoms with Gasteiger partial charge in [-0.3, -0.25) is 9.59 Å². The molecule has 5 heteroatoms. The average molecular weight is 255 g/mol. The minimum absolute atomic E-state index is 0.0110. The van der Waals surface area contributed by atoms with Crippen LogP contribution in [0, 0.1) is 0 Å². The van der Waals surface area contributed by atoms with E-state index in [9.17, 15) is 19.8 Å². The fraction of sp³-hybridized carbons (Fsp3) is 0. The third-order valence-electron chi connectivity index (χ3n) is 3.18. The molecule has 0 bridgehead atoms. The van der Waals surface area contributed by atoms with Crippen molar-refractivity contribution in [1.29, 1.82) is 0 Å². The zero-order valence-corrected chi connectivity index (χ0v) is 9.68. The first-order valence-corrected chi connectivity index (χ1v) is 5.55. The highest BCUT2D eigenvalue weighted by Gasteiger charge is 2.35. The first-order valence-electron chi connectivity index (χ1n) is 5.55. The normalized spacial score (nSPS) is 13.1. The van der Waals surface area contributed by atoms with Crippen molar-refractivity contribution in [3.05, 3.63) is 52.6 Å². The zero-order valence-electron chi connectivity index (χ0n) is 9.68. The number of anilines is 1. The topological polar surface area (TPSA) is 101 Å². The summed E-state index contributed by atoms with van der Waals surface area (Å²) in [5.41, 5.74) is 5.67. The van der Waals surface area contributed by atoms with Crippen LogP contribution in [-0.2, 0) is 0 Å². The largest absolute Gasteiger partial charge is 0.507 e. The molecule has 0 spiro atoms. The number of rotatable bonds is 0. The van der Waals surface area contributed by atoms with Crippen molar-refractivity contribution in [2.75, 3.05) is 5.73 Å². The van der Waals surface area contributed by atoms with Gasteiger partial charge in [0.1, 0.15) is 11.5 Å². The summed E-state index contributed by atoms with van der Waals surface area (Å²) in [6.45, 7) is 0. The quantitative estimate of drug-likeness (QED) is 0.417. The predicted octanol–water partition coefficient (Wildman–Crippen LogP) is 1.46. The first kappa shape index (κ1) is 11.3. The number of phenolic OH excluding ortho intramolecular Hbond substituents is 2. The monoisotopic (exact) mass is 255 g/mol. The lowest BCUT2D eigenvalue weighted by Gasteiger charge is -2.20. The molecule has 2 aromatic rings. The number of benzene rings is 2. The number of nitrogen functional groups attached to an aromatic ring is 1. The molecule has 4 N–H and O–H groups in total. The van der Waals surface area contributed by atoms with Gasteiger partial charge in [-0.15, -0.1) is 0 Å². The van der Waals surface area contributed by atoms with Crippen molar-refractivity contribution in [3.63, 3.8) is 0 Å². The summed E-state index contributed by atoms with van der Waals surface area (Å²) in [5, 5.41) is 19.5. The number of carbonyl (C=O) groups excluding carboxylic acids is 2. The van der Waals surface area contributed by atoms with Crippen LogP contribution in [0.4, 0.5) is 5.69 Å². The lowest BCUT2D eigenvalue weighted by atomic mass is 9.82. The minimum Gasteiger partial charge on any atom is -0.507 e. The van der Waals surface area contributed by atoms with Crippen LogP contribution in [0.1, 0.15) is 31.8 Å². The Hall–Kier alpha value is -2.82. The van der Waals surface area contributed by atoms with Gasteiger partial charge in [-0.25, -0.2) is 0 Å². The Morgan fingerprint density at radius 2 is 1.47 bits per heavy atom. The molecule has 1 aliphatic rings. The predicted molar refractivity (Wildman–Crippen MR) is 67.5 cm³/mol. The summed E-state index contributed by atoms with van der Waals surface area (Å²) in [6.07, 6.45) is 0. The van der Waals surface area contributed by atoms with Gasteiger partial charge in [-0.2, -0.15) is 0 Å². The number of carbonyl (C=O) groups is 2. The highest BCUT2D eigenvalue weighted by molar-refractivity contribution is 6.31. The van der Waals surface area contributed by atoms with E-state index in [1.165, 1.54) is 30.3 Å². The van der Waals surface area contributed by atoms with Crippen LogP contribution in [0.5, 0.6) is 11.5 Å². The molecule has 2 aromatic carbocycles. The van der Waals surface area contributed by atoms with E-state index in [0.717, 1.165) is 0 Å². The lowest BCUT2D eigenvalue weighted by Crippen LogP contribution is -2.22. The van der Waals surface area contributed by atoms with E-state index < -0.39 is 11.6 Å². The van der Waals surface area contributed by atoms with Gasteiger partial charge in [-0.05, 0) is 18.2 Å². The Morgan fingerprint density at radius 1 is 0.789 bits per heavy atom. The van der Waals surface area contributed by atoms with E-state index in [2.05, 4.69) is 0 Å². The maximum Gasteiger partial charge on any atom is 0.202 e. The Balaban J connectivity index is 2.43. The third-order valence-corrected chi connectivity index (χ3v) is 3.18. The average Bonchev–Trinajstić information content (AvgIpc) is 2.38. The molecule has 0 radical (unpaired) electrons. The second kappa shape index (κ2) is 3.58. The van der Waals surface area contributed by atoms with Crippen LogP contribution in [0.2, 0.25) is 0 Å². The molecule has 0 fully saturated rings. The van der Waals surface area contributed by atoms with Crippen LogP contribution < -0.4 is 5.73 Å². The third kappa shape index (κ3) is 1.35. The lowest BCUT2D eigenvalue weighted by molar-refractivity contribution is 0.0975. The molecule has 0 aromatic heterocycles. The van der Waals surface area contributed by atoms with E-state index in [1.54, 1.807) is 0 Å². The van der Waals surface area contributed by atoms with Gasteiger partial charge < -0.3 is 15.9 Å². The van der Waals surface area contributed by atoms with Crippen molar-refractivity contribution < 1.29 is 19.8 Å². The Morgan fingerprint density at radius 3 is 2.21 bits per heavy atom. The molecule has 0 heterocycles. The summed E-state index contributed by atoms with van der Waals surface area (Å²) >= 11 is 0. The summed E-state index contributed by atoms with van der Waals surface area (Å²) in [4.78, 5) is 24.6. The van der Waals surface area contributed by atoms with Gasteiger partial charge >= 0.3 is 0 Å². The van der Waals surface area contributed by atoms with E-state index in [1.807, 2.05) is 0 Å². The van der Waals surface area contributed by atoms with E-state index >= 15 is 0 Å². The molecule has 0 atom stereocenters. The number of fused-ring (bicyclic) bond motifs is 2. The Bertz CT molecular complexity index is 749. The fourth-order valence-corrected chi connectivity index (χ4v) is 2.31. The zero-order chi connectivity index (χ0) is 13.7. The molecule has 3 rings (SSSR count). The molecule has 0 unspecified atom stereocenters. The van der Waals surface area contributed by atoms with Crippen LogP contribution in [0.3, 0.4) is 0 Å². The molecule has 1 aliphatic carbocycles. The maximum atomic E-state index is 12.3. The van der Waals surface area contributed by atoms with Gasteiger partial charge in [-0.1, -0.05) is 12.1 Å². The van der Waals surface area contributed by atoms with Gasteiger partial charge in [0.15, 0.2) is 5.78 Å². The van der Waals surface area contributed by atoms with Gasteiger partial charge in [0.05, 0.1) is 16.7 Å². The van der Waals surface area contributed by atoms with Crippen LogP contribution in [0.25, 0.3) is 0 Å². The summed E-state index contributed by atoms with van der Waals surface area (Å²) < 4.78 is 0. The summed E-state index contributed by atoms with van der Waals surface area (Å²) in [7, 11) is 0. The number of hydrogen-bond donors (Lipinski definition) is 3. The number of hydrogen-bond acceptors (Lipinski definition) is 5. The standard InChI is InChI=1S/C14H9NO4/c15-7-4-5-9(17)12-11(7)13(18)6-2-1-3-8(16)10(6)14(12)19/h1-5,16-17H,15H2. The van der Waals surface area contributed by atoms with E-state index in [-0.39, 0.29) is 39.4 Å². The maximum absolute atomic E-state index is 12.3. The number of ketones is 2. The Kier molecular flexibility index (Phi) is 2.13. The molecule has 94 valence electrons. The van der Waals surface area contributed by atoms with Crippen molar-refractivity contribution in [2.24, 2.45) is 0 Å². The highest BCUT2D eigenvalue weighted by atomic mass is 16.3. The molecule has 19 heavy (non-hydrogen) atoms. The molecular weight excluding hydrogens is 246 g/mol. The SMILES string of the molecule is Nc1ccc(O)c2c1C(=O)c1cccc(O)c1C2=O. The van der Waals surface area contributed by atoms with Crippen molar-refractivity contribution in [3.8, 4) is 11.5 Å². The first-order chi connectivity index (χ1) is 9.02. The van der Waals surface area contributed by atoms with Crippen LogP contribution >= 0.6 is 0 Å². The number of phenols is 2. The number of aromatic hydroxyl groups is 2.